The fourth-order valence-corrected chi connectivity index (χ4v) is 4.63. The number of primary amides is 1. The Kier molecular flexibility index (Phi) is 9.19. The number of hydrogen-bond acceptors (Lipinski definition) is 7. The second kappa shape index (κ2) is 12.9. The largest absolute Gasteiger partial charge is 0.490 e. The summed E-state index contributed by atoms with van der Waals surface area (Å²) >= 11 is 0. The summed E-state index contributed by atoms with van der Waals surface area (Å²) in [6.45, 7) is 7.02. The monoisotopic (exact) mass is 541 g/mol. The summed E-state index contributed by atoms with van der Waals surface area (Å²) in [6.07, 6.45) is 2.14. The molecule has 0 aliphatic heterocycles. The second-order valence-electron chi connectivity index (χ2n) is 9.12. The van der Waals surface area contributed by atoms with Crippen molar-refractivity contribution in [3.05, 3.63) is 89.1 Å². The van der Waals surface area contributed by atoms with Crippen LogP contribution in [0, 0.1) is 0 Å². The lowest BCUT2D eigenvalue weighted by molar-refractivity contribution is -0.122. The van der Waals surface area contributed by atoms with E-state index in [-0.39, 0.29) is 11.5 Å². The second-order valence-corrected chi connectivity index (χ2v) is 9.12. The van der Waals surface area contributed by atoms with E-state index in [0.717, 1.165) is 22.4 Å². The third-order valence-corrected chi connectivity index (χ3v) is 6.58. The number of ether oxygens (including phenoxy) is 2. The van der Waals surface area contributed by atoms with Crippen LogP contribution in [-0.4, -0.2) is 30.0 Å². The van der Waals surface area contributed by atoms with Crippen molar-refractivity contribution in [1.29, 1.82) is 0 Å². The summed E-state index contributed by atoms with van der Waals surface area (Å²) in [5.41, 5.74) is 16.7. The van der Waals surface area contributed by atoms with Crippen molar-refractivity contribution >= 4 is 34.1 Å². The van der Waals surface area contributed by atoms with Gasteiger partial charge in [0.25, 0.3) is 5.91 Å². The van der Waals surface area contributed by atoms with Crippen molar-refractivity contribution in [2.45, 2.75) is 39.8 Å². The number of fused-ring (bicyclic) bond motifs is 1. The Hall–Kier alpha value is -4.63. The summed E-state index contributed by atoms with van der Waals surface area (Å²) in [7, 11) is 0. The van der Waals surface area contributed by atoms with E-state index in [0.29, 0.717) is 54.3 Å². The molecule has 0 fully saturated rings. The normalized spacial score (nSPS) is 11.6. The maximum absolute atomic E-state index is 12.8. The molecule has 1 heterocycles. The number of amides is 2. The van der Waals surface area contributed by atoms with Gasteiger partial charge in [-0.1, -0.05) is 49.4 Å². The van der Waals surface area contributed by atoms with Crippen LogP contribution in [0.4, 0.5) is 11.4 Å². The zero-order valence-electron chi connectivity index (χ0n) is 23.0. The maximum atomic E-state index is 12.8. The predicted octanol–water partition coefficient (Wildman–Crippen LogP) is 4.75. The molecular formula is C31H35N5O4. The molecule has 40 heavy (non-hydrogen) atoms. The Morgan fingerprint density at radius 2 is 1.65 bits per heavy atom. The number of benzene rings is 3. The molecule has 0 spiro atoms. The molecule has 6 N–H and O–H groups in total. The molecule has 1 atom stereocenters. The van der Waals surface area contributed by atoms with Crippen LogP contribution >= 0.6 is 0 Å². The molecule has 0 aliphatic rings. The Balaban J connectivity index is 1.69. The van der Waals surface area contributed by atoms with Gasteiger partial charge in [0.2, 0.25) is 5.91 Å². The first kappa shape index (κ1) is 28.4. The maximum Gasteiger partial charge on any atom is 0.252 e. The summed E-state index contributed by atoms with van der Waals surface area (Å²) < 4.78 is 11.6. The molecule has 0 saturated carbocycles. The Morgan fingerprint density at radius 3 is 2.30 bits per heavy atom. The van der Waals surface area contributed by atoms with E-state index in [9.17, 15) is 9.59 Å². The first-order chi connectivity index (χ1) is 19.4. The van der Waals surface area contributed by atoms with Crippen molar-refractivity contribution in [3.63, 3.8) is 0 Å². The van der Waals surface area contributed by atoms with Crippen molar-refractivity contribution in [2.75, 3.05) is 18.5 Å². The number of rotatable bonds is 12. The van der Waals surface area contributed by atoms with Crippen LogP contribution in [0.25, 0.3) is 10.9 Å². The van der Waals surface area contributed by atoms with Gasteiger partial charge in [-0.2, -0.15) is 0 Å². The van der Waals surface area contributed by atoms with Gasteiger partial charge in [0.05, 0.1) is 30.0 Å². The van der Waals surface area contributed by atoms with Gasteiger partial charge in [-0.25, -0.2) is 0 Å². The molecule has 0 unspecified atom stereocenters. The minimum atomic E-state index is -0.769. The minimum Gasteiger partial charge on any atom is -0.490 e. The SMILES string of the molecule is CCOc1cc2ncc(C(N)=O)c(Nc3cccc(CNC(=O)[C@H](N)c4ccccc4)c3CC)c2cc1OCC. The van der Waals surface area contributed by atoms with Crippen LogP contribution in [0.1, 0.15) is 53.9 Å². The number of nitrogens with zero attached hydrogens (tertiary/aromatic N) is 1. The van der Waals surface area contributed by atoms with E-state index in [1.807, 2.05) is 75.4 Å². The van der Waals surface area contributed by atoms with Gasteiger partial charge in [-0.3, -0.25) is 14.6 Å². The lowest BCUT2D eigenvalue weighted by Crippen LogP contribution is -2.33. The molecule has 3 aromatic carbocycles. The molecular weight excluding hydrogens is 506 g/mol. The summed E-state index contributed by atoms with van der Waals surface area (Å²) in [5.74, 6) is 0.240. The highest BCUT2D eigenvalue weighted by atomic mass is 16.5. The van der Waals surface area contributed by atoms with E-state index in [2.05, 4.69) is 15.6 Å². The molecule has 0 bridgehead atoms. The standard InChI is InChI=1S/C31H35N5O4/c1-4-21-20(17-35-31(38)28(32)19-11-8-7-9-12-19)13-10-14-24(21)36-29-22-15-26(39-5-2)27(40-6-3)16-25(22)34-18-23(29)30(33)37/h7-16,18,28H,4-6,17,32H2,1-3H3,(H2,33,37)(H,34,36)(H,35,38)/t28-/m1/s1. The van der Waals surface area contributed by atoms with Gasteiger partial charge in [0.1, 0.15) is 6.04 Å². The lowest BCUT2D eigenvalue weighted by Gasteiger charge is -2.20. The highest BCUT2D eigenvalue weighted by Crippen LogP contribution is 2.38. The van der Waals surface area contributed by atoms with Crippen molar-refractivity contribution in [2.24, 2.45) is 11.5 Å². The fourth-order valence-electron chi connectivity index (χ4n) is 4.63. The van der Waals surface area contributed by atoms with Crippen LogP contribution in [0.5, 0.6) is 11.5 Å². The van der Waals surface area contributed by atoms with Crippen molar-refractivity contribution in [1.82, 2.24) is 10.3 Å². The molecule has 0 aliphatic carbocycles. The molecule has 1 aromatic heterocycles. The van der Waals surface area contributed by atoms with Gasteiger partial charge in [-0.05, 0) is 49.1 Å². The Bertz CT molecular complexity index is 1510. The van der Waals surface area contributed by atoms with Crippen molar-refractivity contribution < 1.29 is 19.1 Å². The van der Waals surface area contributed by atoms with E-state index in [4.69, 9.17) is 20.9 Å². The number of pyridine rings is 1. The average Bonchev–Trinajstić information content (AvgIpc) is 2.96. The fraction of sp³-hybridized carbons (Fsp3) is 0.258. The third kappa shape index (κ3) is 6.16. The van der Waals surface area contributed by atoms with Gasteiger partial charge in [0.15, 0.2) is 11.5 Å². The molecule has 9 heteroatoms. The van der Waals surface area contributed by atoms with E-state index < -0.39 is 11.9 Å². The molecule has 2 amide bonds. The van der Waals surface area contributed by atoms with Gasteiger partial charge >= 0.3 is 0 Å². The van der Waals surface area contributed by atoms with Crippen LogP contribution in [0.3, 0.4) is 0 Å². The third-order valence-electron chi connectivity index (χ3n) is 6.58. The number of nitrogens with one attached hydrogen (secondary N) is 2. The minimum absolute atomic E-state index is 0.244. The highest BCUT2D eigenvalue weighted by molar-refractivity contribution is 6.08. The van der Waals surface area contributed by atoms with E-state index >= 15 is 0 Å². The molecule has 0 radical (unpaired) electrons. The lowest BCUT2D eigenvalue weighted by atomic mass is 10.0. The summed E-state index contributed by atoms with van der Waals surface area (Å²) in [5, 5.41) is 7.06. The van der Waals surface area contributed by atoms with Gasteiger partial charge in [-0.15, -0.1) is 0 Å². The zero-order chi connectivity index (χ0) is 28.6. The molecule has 4 rings (SSSR count). The number of aromatic nitrogens is 1. The van der Waals surface area contributed by atoms with Crippen molar-refractivity contribution in [3.8, 4) is 11.5 Å². The summed E-state index contributed by atoms with van der Waals surface area (Å²) in [6, 6.07) is 17.9. The first-order valence-electron chi connectivity index (χ1n) is 13.4. The topological polar surface area (TPSA) is 142 Å². The van der Waals surface area contributed by atoms with Crippen LogP contribution in [0.15, 0.2) is 66.9 Å². The van der Waals surface area contributed by atoms with Crippen LogP contribution in [0.2, 0.25) is 0 Å². The Morgan fingerprint density at radius 1 is 0.950 bits per heavy atom. The van der Waals surface area contributed by atoms with E-state index in [1.165, 1.54) is 6.20 Å². The molecule has 4 aromatic rings. The molecule has 9 nitrogen and oxygen atoms in total. The smallest absolute Gasteiger partial charge is 0.252 e. The number of nitrogens with two attached hydrogens (primary N) is 2. The number of carbonyl (C=O) groups is 2. The quantitative estimate of drug-likeness (QED) is 0.203. The molecule has 0 saturated heterocycles. The van der Waals surface area contributed by atoms with Crippen LogP contribution in [-0.2, 0) is 17.8 Å². The number of anilines is 2. The van der Waals surface area contributed by atoms with Gasteiger partial charge in [0, 0.05) is 29.9 Å². The zero-order valence-corrected chi connectivity index (χ0v) is 23.0. The Labute approximate surface area is 233 Å². The first-order valence-corrected chi connectivity index (χ1v) is 13.4. The van der Waals surface area contributed by atoms with Gasteiger partial charge < -0.3 is 31.6 Å². The predicted molar refractivity (Wildman–Crippen MR) is 157 cm³/mol. The van der Waals surface area contributed by atoms with Crippen LogP contribution < -0.4 is 31.6 Å². The average molecular weight is 542 g/mol. The van der Waals surface area contributed by atoms with E-state index in [1.54, 1.807) is 6.07 Å². The number of hydrogen-bond donors (Lipinski definition) is 4. The number of carbonyl (C=O) groups excluding carboxylic acids is 2. The molecule has 208 valence electrons. The summed E-state index contributed by atoms with van der Waals surface area (Å²) in [4.78, 5) is 29.7. The highest BCUT2D eigenvalue weighted by Gasteiger charge is 2.20.